The Balaban J connectivity index is 1.69. The van der Waals surface area contributed by atoms with Gasteiger partial charge >= 0.3 is 0 Å². The molecule has 1 saturated heterocycles. The summed E-state index contributed by atoms with van der Waals surface area (Å²) in [6.07, 6.45) is -0.630. The molecule has 1 unspecified atom stereocenters. The quantitative estimate of drug-likeness (QED) is 0.886. The Labute approximate surface area is 153 Å². The van der Waals surface area contributed by atoms with Crippen LogP contribution in [0, 0.1) is 13.8 Å². The van der Waals surface area contributed by atoms with Crippen LogP contribution >= 0.6 is 0 Å². The molecule has 0 aliphatic carbocycles. The van der Waals surface area contributed by atoms with Crippen molar-refractivity contribution in [2.24, 2.45) is 0 Å². The predicted octanol–water partition coefficient (Wildman–Crippen LogP) is 2.34. The molecule has 3 rings (SSSR count). The molecule has 1 amide bonds. The third-order valence-electron chi connectivity index (χ3n) is 4.23. The Kier molecular flexibility index (Phi) is 5.68. The van der Waals surface area contributed by atoms with Gasteiger partial charge < -0.3 is 19.7 Å². The fraction of sp³-hybridized carbons (Fsp3) is 0.421. The number of amides is 1. The maximum atomic E-state index is 12.5. The fourth-order valence-electron chi connectivity index (χ4n) is 2.77. The van der Waals surface area contributed by atoms with Crippen LogP contribution < -0.4 is 15.0 Å². The summed E-state index contributed by atoms with van der Waals surface area (Å²) in [4.78, 5) is 23.7. The number of benzene rings is 1. The molecule has 138 valence electrons. The van der Waals surface area contributed by atoms with E-state index in [-0.39, 0.29) is 5.91 Å². The molecule has 0 spiro atoms. The highest BCUT2D eigenvalue weighted by Crippen LogP contribution is 2.22. The van der Waals surface area contributed by atoms with Crippen molar-refractivity contribution in [2.75, 3.05) is 36.5 Å². The summed E-state index contributed by atoms with van der Waals surface area (Å²) in [6.45, 7) is 8.35. The summed E-state index contributed by atoms with van der Waals surface area (Å²) in [5, 5.41) is 2.90. The van der Waals surface area contributed by atoms with Crippen LogP contribution in [0.3, 0.4) is 0 Å². The van der Waals surface area contributed by atoms with E-state index < -0.39 is 6.10 Å². The number of hydrogen-bond donors (Lipinski definition) is 1. The summed E-state index contributed by atoms with van der Waals surface area (Å²) < 4.78 is 11.0. The Hall–Kier alpha value is -2.67. The largest absolute Gasteiger partial charge is 0.481 e. The number of hydrogen-bond acceptors (Lipinski definition) is 6. The van der Waals surface area contributed by atoms with Gasteiger partial charge in [0.05, 0.1) is 30.3 Å². The van der Waals surface area contributed by atoms with Crippen LogP contribution in [0.4, 0.5) is 11.6 Å². The van der Waals surface area contributed by atoms with Gasteiger partial charge in [-0.1, -0.05) is 18.2 Å². The Morgan fingerprint density at radius 3 is 2.38 bits per heavy atom. The zero-order valence-corrected chi connectivity index (χ0v) is 15.4. The van der Waals surface area contributed by atoms with Crippen molar-refractivity contribution in [2.45, 2.75) is 26.9 Å². The maximum absolute atomic E-state index is 12.5. The SMILES string of the molecule is Cc1nc(N2CCOCC2)nc(C)c1NC(=O)C(C)Oc1ccccc1. The second-order valence-electron chi connectivity index (χ2n) is 6.23. The number of carbonyl (C=O) groups is 1. The normalized spacial score (nSPS) is 15.4. The highest BCUT2D eigenvalue weighted by Gasteiger charge is 2.20. The van der Waals surface area contributed by atoms with Crippen molar-refractivity contribution in [3.05, 3.63) is 41.7 Å². The van der Waals surface area contributed by atoms with Crippen LogP contribution in [0.5, 0.6) is 5.75 Å². The number of morpholine rings is 1. The fourth-order valence-corrected chi connectivity index (χ4v) is 2.77. The molecule has 0 bridgehead atoms. The molecule has 0 radical (unpaired) electrons. The molecule has 1 fully saturated rings. The molecule has 2 heterocycles. The lowest BCUT2D eigenvalue weighted by Gasteiger charge is -2.27. The number of rotatable bonds is 5. The smallest absolute Gasteiger partial charge is 0.265 e. The van der Waals surface area contributed by atoms with Crippen molar-refractivity contribution in [3.63, 3.8) is 0 Å². The Morgan fingerprint density at radius 2 is 1.77 bits per heavy atom. The number of ether oxygens (including phenoxy) is 2. The molecule has 7 nitrogen and oxygen atoms in total. The average Bonchev–Trinajstić information content (AvgIpc) is 2.66. The summed E-state index contributed by atoms with van der Waals surface area (Å²) in [5.41, 5.74) is 2.11. The van der Waals surface area contributed by atoms with Gasteiger partial charge in [0.25, 0.3) is 5.91 Å². The second-order valence-corrected chi connectivity index (χ2v) is 6.23. The molecule has 26 heavy (non-hydrogen) atoms. The van der Waals surface area contributed by atoms with E-state index in [1.54, 1.807) is 6.92 Å². The van der Waals surface area contributed by atoms with E-state index in [9.17, 15) is 4.79 Å². The summed E-state index contributed by atoms with van der Waals surface area (Å²) in [5.74, 6) is 1.10. The van der Waals surface area contributed by atoms with E-state index >= 15 is 0 Å². The van der Waals surface area contributed by atoms with Crippen molar-refractivity contribution in [3.8, 4) is 5.75 Å². The second kappa shape index (κ2) is 8.14. The number of anilines is 2. The van der Waals surface area contributed by atoms with Crippen LogP contribution in [0.15, 0.2) is 30.3 Å². The van der Waals surface area contributed by atoms with Crippen molar-refractivity contribution in [1.29, 1.82) is 0 Å². The number of carbonyl (C=O) groups excluding carboxylic acids is 1. The zero-order chi connectivity index (χ0) is 18.5. The minimum absolute atomic E-state index is 0.234. The van der Waals surface area contributed by atoms with Gasteiger partial charge in [0, 0.05) is 13.1 Å². The van der Waals surface area contributed by atoms with Gasteiger partial charge in [-0.25, -0.2) is 9.97 Å². The highest BCUT2D eigenvalue weighted by atomic mass is 16.5. The molecule has 1 aliphatic heterocycles. The molecule has 1 aromatic carbocycles. The van der Waals surface area contributed by atoms with E-state index in [4.69, 9.17) is 9.47 Å². The van der Waals surface area contributed by atoms with Gasteiger partial charge in [-0.2, -0.15) is 0 Å². The van der Waals surface area contributed by atoms with Gasteiger partial charge in [-0.3, -0.25) is 4.79 Å². The van der Waals surface area contributed by atoms with Crippen molar-refractivity contribution >= 4 is 17.5 Å². The topological polar surface area (TPSA) is 76.6 Å². The number of nitrogens with zero attached hydrogens (tertiary/aromatic N) is 3. The maximum Gasteiger partial charge on any atom is 0.265 e. The average molecular weight is 356 g/mol. The van der Waals surface area contributed by atoms with Gasteiger partial charge in [0.1, 0.15) is 5.75 Å². The molecular weight excluding hydrogens is 332 g/mol. The Bertz CT molecular complexity index is 738. The Morgan fingerprint density at radius 1 is 1.15 bits per heavy atom. The molecule has 2 aromatic rings. The van der Waals surface area contributed by atoms with E-state index in [1.807, 2.05) is 44.2 Å². The van der Waals surface area contributed by atoms with Crippen LogP contribution in [0.25, 0.3) is 0 Å². The van der Waals surface area contributed by atoms with Gasteiger partial charge in [0.15, 0.2) is 6.10 Å². The first-order valence-electron chi connectivity index (χ1n) is 8.75. The van der Waals surface area contributed by atoms with Crippen molar-refractivity contribution in [1.82, 2.24) is 9.97 Å². The van der Waals surface area contributed by atoms with E-state index in [0.717, 1.165) is 24.5 Å². The lowest BCUT2D eigenvalue weighted by Crippen LogP contribution is -2.37. The van der Waals surface area contributed by atoms with Crippen LogP contribution in [0.1, 0.15) is 18.3 Å². The third-order valence-corrected chi connectivity index (χ3v) is 4.23. The van der Waals surface area contributed by atoms with Gasteiger partial charge in [-0.05, 0) is 32.9 Å². The molecule has 7 heteroatoms. The summed E-state index contributed by atoms with van der Waals surface area (Å²) >= 11 is 0. The van der Waals surface area contributed by atoms with Crippen molar-refractivity contribution < 1.29 is 14.3 Å². The van der Waals surface area contributed by atoms with E-state index in [2.05, 4.69) is 20.2 Å². The lowest BCUT2D eigenvalue weighted by atomic mass is 10.2. The molecular formula is C19H24N4O3. The monoisotopic (exact) mass is 356 g/mol. The third kappa shape index (κ3) is 4.29. The summed E-state index contributed by atoms with van der Waals surface area (Å²) in [6, 6.07) is 9.28. The number of aromatic nitrogens is 2. The molecule has 0 saturated carbocycles. The number of nitrogens with one attached hydrogen (secondary N) is 1. The zero-order valence-electron chi connectivity index (χ0n) is 15.4. The van der Waals surface area contributed by atoms with Crippen LogP contribution in [0.2, 0.25) is 0 Å². The van der Waals surface area contributed by atoms with Crippen LogP contribution in [-0.4, -0.2) is 48.3 Å². The minimum atomic E-state index is -0.630. The minimum Gasteiger partial charge on any atom is -0.481 e. The lowest BCUT2D eigenvalue weighted by molar-refractivity contribution is -0.122. The van der Waals surface area contributed by atoms with Gasteiger partial charge in [-0.15, -0.1) is 0 Å². The van der Waals surface area contributed by atoms with E-state index in [0.29, 0.717) is 30.6 Å². The molecule has 1 aliphatic rings. The first-order chi connectivity index (χ1) is 12.5. The molecule has 1 atom stereocenters. The standard InChI is InChI=1S/C19H24N4O3/c1-13-17(14(2)21-19(20-13)23-9-11-25-12-10-23)22-18(24)15(3)26-16-7-5-4-6-8-16/h4-8,15H,9-12H2,1-3H3,(H,22,24). The van der Waals surface area contributed by atoms with E-state index in [1.165, 1.54) is 0 Å². The number of aryl methyl sites for hydroxylation is 2. The molecule has 1 N–H and O–H groups in total. The highest BCUT2D eigenvalue weighted by molar-refractivity contribution is 5.95. The number of para-hydroxylation sites is 1. The van der Waals surface area contributed by atoms with Crippen LogP contribution in [-0.2, 0) is 9.53 Å². The predicted molar refractivity (Wildman–Crippen MR) is 99.7 cm³/mol. The first kappa shape index (κ1) is 18.1. The first-order valence-corrected chi connectivity index (χ1v) is 8.75. The summed E-state index contributed by atoms with van der Waals surface area (Å²) in [7, 11) is 0. The molecule has 1 aromatic heterocycles. The van der Waals surface area contributed by atoms with Gasteiger partial charge in [0.2, 0.25) is 5.95 Å².